The second-order valence-electron chi connectivity index (χ2n) is 5.15. The van der Waals surface area contributed by atoms with Gasteiger partial charge in [0, 0.05) is 31.5 Å². The Morgan fingerprint density at radius 3 is 2.70 bits per heavy atom. The zero-order valence-corrected chi connectivity index (χ0v) is 13.0. The van der Waals surface area contributed by atoms with Gasteiger partial charge in [0.05, 0.1) is 5.69 Å². The molecule has 5 nitrogen and oxygen atoms in total. The van der Waals surface area contributed by atoms with Crippen LogP contribution in [-0.4, -0.2) is 36.8 Å². The zero-order valence-electron chi connectivity index (χ0n) is 12.2. The maximum Gasteiger partial charge on any atom is 0.246 e. The molecule has 1 aromatic rings. The molecule has 0 radical (unpaired) electrons. The molecule has 0 spiro atoms. The van der Waals surface area contributed by atoms with Crippen LogP contribution in [0, 0.1) is 0 Å². The third-order valence-corrected chi connectivity index (χ3v) is 5.31. The van der Waals surface area contributed by atoms with E-state index in [0.717, 1.165) is 32.2 Å². The van der Waals surface area contributed by atoms with E-state index >= 15 is 0 Å². The molecular formula is C14H23N3O2S. The topological polar surface area (TPSA) is 62.3 Å². The van der Waals surface area contributed by atoms with Crippen molar-refractivity contribution in [3.63, 3.8) is 0 Å². The Bertz CT molecular complexity index is 541. The molecule has 1 fully saturated rings. The van der Waals surface area contributed by atoms with Crippen molar-refractivity contribution in [3.8, 4) is 0 Å². The van der Waals surface area contributed by atoms with Crippen LogP contribution in [-0.2, 0) is 10.0 Å². The van der Waals surface area contributed by atoms with Crippen molar-refractivity contribution in [1.29, 1.82) is 0 Å². The summed E-state index contributed by atoms with van der Waals surface area (Å²) in [6.07, 6.45) is 6.79. The lowest BCUT2D eigenvalue weighted by atomic mass is 10.4. The van der Waals surface area contributed by atoms with Gasteiger partial charge in [-0.15, -0.1) is 0 Å². The molecule has 0 aromatic carbocycles. The predicted octanol–water partition coefficient (Wildman–Crippen LogP) is 2.47. The number of sulfonamides is 1. The molecule has 0 bridgehead atoms. The fourth-order valence-corrected chi connectivity index (χ4v) is 4.09. The summed E-state index contributed by atoms with van der Waals surface area (Å²) < 4.78 is 27.3. The first kappa shape index (κ1) is 15.3. The molecule has 1 aromatic heterocycles. The predicted molar refractivity (Wildman–Crippen MR) is 80.2 cm³/mol. The van der Waals surface area contributed by atoms with Crippen molar-refractivity contribution in [2.45, 2.75) is 50.5 Å². The number of nitrogens with zero attached hydrogens (tertiary/aromatic N) is 2. The first-order valence-corrected chi connectivity index (χ1v) is 8.75. The van der Waals surface area contributed by atoms with Crippen LogP contribution < -0.4 is 5.32 Å². The lowest BCUT2D eigenvalue weighted by Crippen LogP contribution is -2.34. The van der Waals surface area contributed by atoms with Crippen molar-refractivity contribution in [3.05, 3.63) is 18.5 Å². The van der Waals surface area contributed by atoms with E-state index in [1.165, 1.54) is 6.20 Å². The minimum absolute atomic E-state index is 0.180. The number of rotatable bonds is 8. The van der Waals surface area contributed by atoms with Gasteiger partial charge >= 0.3 is 0 Å². The van der Waals surface area contributed by atoms with Crippen LogP contribution >= 0.6 is 0 Å². The third kappa shape index (κ3) is 3.30. The molecular weight excluding hydrogens is 274 g/mol. The third-order valence-electron chi connectivity index (χ3n) is 3.33. The van der Waals surface area contributed by atoms with Crippen molar-refractivity contribution in [2.24, 2.45) is 0 Å². The molecule has 0 unspecified atom stereocenters. The SMILES string of the molecule is CCCNc1ccncc1S(=O)(=O)N(CCC)C1CC1. The summed E-state index contributed by atoms with van der Waals surface area (Å²) in [5.74, 6) is 0. The van der Waals surface area contributed by atoms with E-state index in [-0.39, 0.29) is 6.04 Å². The molecule has 1 aliphatic rings. The van der Waals surface area contributed by atoms with Gasteiger partial charge in [0.25, 0.3) is 0 Å². The average molecular weight is 297 g/mol. The molecule has 2 rings (SSSR count). The Morgan fingerprint density at radius 1 is 1.35 bits per heavy atom. The quantitative estimate of drug-likeness (QED) is 0.800. The zero-order chi connectivity index (χ0) is 14.6. The summed E-state index contributed by atoms with van der Waals surface area (Å²) >= 11 is 0. The minimum atomic E-state index is -3.45. The van der Waals surface area contributed by atoms with Gasteiger partial charge in [-0.3, -0.25) is 4.98 Å². The lowest BCUT2D eigenvalue weighted by Gasteiger charge is -2.22. The van der Waals surface area contributed by atoms with E-state index in [0.29, 0.717) is 17.1 Å². The Morgan fingerprint density at radius 2 is 2.10 bits per heavy atom. The highest BCUT2D eigenvalue weighted by atomic mass is 32.2. The summed E-state index contributed by atoms with van der Waals surface area (Å²) in [7, 11) is -3.45. The van der Waals surface area contributed by atoms with Crippen LogP contribution in [0.3, 0.4) is 0 Å². The maximum atomic E-state index is 12.8. The summed E-state index contributed by atoms with van der Waals surface area (Å²) in [6, 6.07) is 1.92. The van der Waals surface area contributed by atoms with Gasteiger partial charge in [-0.05, 0) is 31.7 Å². The molecule has 1 N–H and O–H groups in total. The van der Waals surface area contributed by atoms with Crippen molar-refractivity contribution >= 4 is 15.7 Å². The molecule has 0 atom stereocenters. The highest BCUT2D eigenvalue weighted by Gasteiger charge is 2.38. The van der Waals surface area contributed by atoms with E-state index in [1.54, 1.807) is 16.6 Å². The first-order chi connectivity index (χ1) is 9.61. The van der Waals surface area contributed by atoms with E-state index in [2.05, 4.69) is 17.2 Å². The Balaban J connectivity index is 2.32. The highest BCUT2D eigenvalue weighted by molar-refractivity contribution is 7.89. The Hall–Kier alpha value is -1.14. The number of hydrogen-bond donors (Lipinski definition) is 1. The monoisotopic (exact) mass is 297 g/mol. The van der Waals surface area contributed by atoms with Crippen LogP contribution in [0.2, 0.25) is 0 Å². The number of anilines is 1. The van der Waals surface area contributed by atoms with Crippen LogP contribution in [0.5, 0.6) is 0 Å². The second kappa shape index (κ2) is 6.54. The van der Waals surface area contributed by atoms with Gasteiger partial charge in [-0.25, -0.2) is 8.42 Å². The number of pyridine rings is 1. The summed E-state index contributed by atoms with van der Waals surface area (Å²) in [6.45, 7) is 5.39. The van der Waals surface area contributed by atoms with Gasteiger partial charge in [0.15, 0.2) is 0 Å². The first-order valence-electron chi connectivity index (χ1n) is 7.31. The summed E-state index contributed by atoms with van der Waals surface area (Å²) in [5, 5.41) is 3.18. The van der Waals surface area contributed by atoms with Gasteiger partial charge in [0.1, 0.15) is 4.90 Å². The molecule has 0 amide bonds. The molecule has 0 aliphatic heterocycles. The molecule has 6 heteroatoms. The van der Waals surface area contributed by atoms with Crippen LogP contribution in [0.15, 0.2) is 23.4 Å². The van der Waals surface area contributed by atoms with Crippen LogP contribution in [0.1, 0.15) is 39.5 Å². The smallest absolute Gasteiger partial charge is 0.246 e. The standard InChI is InChI=1S/C14H23N3O2S/c1-3-8-16-13-7-9-15-11-14(13)20(18,19)17(10-4-2)12-5-6-12/h7,9,11-12H,3-6,8,10H2,1-2H3,(H,15,16). The second-order valence-corrected chi connectivity index (χ2v) is 7.00. The molecule has 20 heavy (non-hydrogen) atoms. The normalized spacial score (nSPS) is 15.6. The fraction of sp³-hybridized carbons (Fsp3) is 0.643. The summed E-state index contributed by atoms with van der Waals surface area (Å²) in [4.78, 5) is 4.30. The van der Waals surface area contributed by atoms with Gasteiger partial charge < -0.3 is 5.32 Å². The highest BCUT2D eigenvalue weighted by Crippen LogP contribution is 2.34. The molecule has 1 saturated carbocycles. The molecule has 1 heterocycles. The van der Waals surface area contributed by atoms with E-state index in [9.17, 15) is 8.42 Å². The van der Waals surface area contributed by atoms with Crippen molar-refractivity contribution in [2.75, 3.05) is 18.4 Å². The average Bonchev–Trinajstić information content (AvgIpc) is 3.27. The molecule has 1 aliphatic carbocycles. The van der Waals surface area contributed by atoms with E-state index in [4.69, 9.17) is 0 Å². The van der Waals surface area contributed by atoms with Crippen molar-refractivity contribution in [1.82, 2.24) is 9.29 Å². The maximum absolute atomic E-state index is 12.8. The number of aromatic nitrogens is 1. The van der Waals surface area contributed by atoms with Crippen LogP contribution in [0.25, 0.3) is 0 Å². The Labute approximate surface area is 121 Å². The van der Waals surface area contributed by atoms with Gasteiger partial charge in [0.2, 0.25) is 10.0 Å². The van der Waals surface area contributed by atoms with Crippen molar-refractivity contribution < 1.29 is 8.42 Å². The van der Waals surface area contributed by atoms with E-state index < -0.39 is 10.0 Å². The largest absolute Gasteiger partial charge is 0.384 e. The van der Waals surface area contributed by atoms with Crippen LogP contribution in [0.4, 0.5) is 5.69 Å². The molecule has 0 saturated heterocycles. The number of nitrogens with one attached hydrogen (secondary N) is 1. The lowest BCUT2D eigenvalue weighted by molar-refractivity contribution is 0.403. The minimum Gasteiger partial charge on any atom is -0.384 e. The molecule has 112 valence electrons. The fourth-order valence-electron chi connectivity index (χ4n) is 2.20. The Kier molecular flexibility index (Phi) is 4.99. The van der Waals surface area contributed by atoms with E-state index in [1.807, 2.05) is 6.92 Å². The van der Waals surface area contributed by atoms with Gasteiger partial charge in [-0.2, -0.15) is 4.31 Å². The van der Waals surface area contributed by atoms with Gasteiger partial charge in [-0.1, -0.05) is 13.8 Å². The summed E-state index contributed by atoms with van der Waals surface area (Å²) in [5.41, 5.74) is 0.656. The number of hydrogen-bond acceptors (Lipinski definition) is 4.